The Labute approximate surface area is 162 Å². The number of hydrogen-bond acceptors (Lipinski definition) is 6. The molecule has 9 heteroatoms. The van der Waals surface area contributed by atoms with Crippen molar-refractivity contribution in [2.75, 3.05) is 39.4 Å². The quantitative estimate of drug-likeness (QED) is 0.815. The van der Waals surface area contributed by atoms with Crippen LogP contribution in [0.15, 0.2) is 30.6 Å². The molecule has 1 amide bonds. The topological polar surface area (TPSA) is 101 Å². The van der Waals surface area contributed by atoms with Crippen LogP contribution in [0.3, 0.4) is 0 Å². The van der Waals surface area contributed by atoms with E-state index in [-0.39, 0.29) is 24.4 Å². The Kier molecular flexibility index (Phi) is 5.10. The molecule has 0 spiro atoms. The zero-order chi connectivity index (χ0) is 19.7. The van der Waals surface area contributed by atoms with Crippen molar-refractivity contribution >= 4 is 11.9 Å². The zero-order valence-corrected chi connectivity index (χ0v) is 15.7. The van der Waals surface area contributed by atoms with Gasteiger partial charge in [-0.25, -0.2) is 9.67 Å². The van der Waals surface area contributed by atoms with E-state index in [0.29, 0.717) is 44.2 Å². The van der Waals surface area contributed by atoms with Gasteiger partial charge in [0.25, 0.3) is 5.91 Å². The molecule has 9 nitrogen and oxygen atoms in total. The van der Waals surface area contributed by atoms with Crippen LogP contribution in [0.4, 0.5) is 0 Å². The van der Waals surface area contributed by atoms with Crippen molar-refractivity contribution < 1.29 is 19.4 Å². The van der Waals surface area contributed by atoms with Crippen molar-refractivity contribution in [2.24, 2.45) is 5.92 Å². The van der Waals surface area contributed by atoms with Gasteiger partial charge in [0.15, 0.2) is 5.82 Å². The molecule has 4 rings (SSSR count). The lowest BCUT2D eigenvalue weighted by Crippen LogP contribution is -2.47. The Bertz CT molecular complexity index is 868. The van der Waals surface area contributed by atoms with Crippen LogP contribution in [-0.2, 0) is 9.53 Å². The summed E-state index contributed by atoms with van der Waals surface area (Å²) in [5, 5.41) is 13.5. The highest BCUT2D eigenvalue weighted by molar-refractivity contribution is 5.95. The highest BCUT2D eigenvalue weighted by Crippen LogP contribution is 2.23. The van der Waals surface area contributed by atoms with E-state index >= 15 is 0 Å². The van der Waals surface area contributed by atoms with Crippen LogP contribution in [0, 0.1) is 12.8 Å². The summed E-state index contributed by atoms with van der Waals surface area (Å²) < 4.78 is 7.39. The van der Waals surface area contributed by atoms with Gasteiger partial charge in [0, 0.05) is 31.7 Å². The number of carbonyl (C=O) groups excluding carboxylic acids is 1. The molecule has 0 aliphatic carbocycles. The molecule has 0 unspecified atom stereocenters. The summed E-state index contributed by atoms with van der Waals surface area (Å²) in [6.07, 6.45) is 3.27. The van der Waals surface area contributed by atoms with Crippen molar-refractivity contribution in [2.45, 2.75) is 13.0 Å². The average molecular weight is 385 g/mol. The van der Waals surface area contributed by atoms with E-state index in [1.54, 1.807) is 17.1 Å². The number of carboxylic acids is 1. The van der Waals surface area contributed by atoms with E-state index in [4.69, 9.17) is 9.84 Å². The number of carbonyl (C=O) groups is 2. The lowest BCUT2D eigenvalue weighted by Gasteiger charge is -2.30. The number of aliphatic carboxylic acids is 1. The number of rotatable bonds is 4. The van der Waals surface area contributed by atoms with Gasteiger partial charge >= 0.3 is 5.97 Å². The summed E-state index contributed by atoms with van der Waals surface area (Å²) in [7, 11) is 0. The summed E-state index contributed by atoms with van der Waals surface area (Å²) in [6, 6.07) is 5.36. The third-order valence-corrected chi connectivity index (χ3v) is 5.27. The normalized spacial score (nSPS) is 22.7. The summed E-state index contributed by atoms with van der Waals surface area (Å²) in [4.78, 5) is 32.5. The van der Waals surface area contributed by atoms with Crippen LogP contribution >= 0.6 is 0 Å². The Morgan fingerprint density at radius 3 is 2.86 bits per heavy atom. The van der Waals surface area contributed by atoms with Crippen molar-refractivity contribution in [3.8, 4) is 5.82 Å². The second kappa shape index (κ2) is 7.69. The van der Waals surface area contributed by atoms with E-state index in [1.165, 1.54) is 0 Å². The van der Waals surface area contributed by atoms with Crippen LogP contribution in [0.1, 0.15) is 16.1 Å². The SMILES string of the molecule is Cc1c(C(=O)N2C[C@H]3COC[C@@H]2CN(CC(=O)O)C3)cnn1-c1ccccn1. The van der Waals surface area contributed by atoms with E-state index in [0.717, 1.165) is 5.69 Å². The highest BCUT2D eigenvalue weighted by atomic mass is 16.5. The molecule has 2 fully saturated rings. The Morgan fingerprint density at radius 2 is 2.11 bits per heavy atom. The molecule has 2 aromatic rings. The first-order chi connectivity index (χ1) is 13.5. The number of nitrogens with zero attached hydrogens (tertiary/aromatic N) is 5. The Hall–Kier alpha value is -2.78. The van der Waals surface area contributed by atoms with Crippen molar-refractivity contribution in [3.63, 3.8) is 0 Å². The number of carboxylic acid groups (broad SMARTS) is 1. The molecule has 2 aliphatic rings. The minimum atomic E-state index is -0.855. The van der Waals surface area contributed by atoms with Gasteiger partial charge in [-0.2, -0.15) is 5.10 Å². The van der Waals surface area contributed by atoms with Crippen LogP contribution in [0.5, 0.6) is 0 Å². The second-order valence-electron chi connectivity index (χ2n) is 7.35. The number of fused-ring (bicyclic) bond motifs is 3. The molecule has 1 N–H and O–H groups in total. The predicted molar refractivity (Wildman–Crippen MR) is 99.3 cm³/mol. The third kappa shape index (κ3) is 3.63. The summed E-state index contributed by atoms with van der Waals surface area (Å²) >= 11 is 0. The van der Waals surface area contributed by atoms with E-state index in [9.17, 15) is 9.59 Å². The van der Waals surface area contributed by atoms with Crippen LogP contribution in [0.25, 0.3) is 5.82 Å². The van der Waals surface area contributed by atoms with Crippen LogP contribution in [-0.4, -0.2) is 87.0 Å². The van der Waals surface area contributed by atoms with Crippen molar-refractivity contribution in [1.29, 1.82) is 0 Å². The van der Waals surface area contributed by atoms with Crippen LogP contribution < -0.4 is 0 Å². The molecule has 4 heterocycles. The lowest BCUT2D eigenvalue weighted by molar-refractivity contribution is -0.138. The van der Waals surface area contributed by atoms with Gasteiger partial charge in [-0.15, -0.1) is 0 Å². The standard InChI is InChI=1S/C19H23N5O4/c1-13-16(6-21-24(13)17-4-2-3-5-20-17)19(27)23-8-14-7-22(10-18(25)26)9-15(23)12-28-11-14/h2-6,14-15H,7-12H2,1H3,(H,25,26)/t14-,15-/m0/s1. The Morgan fingerprint density at radius 1 is 1.25 bits per heavy atom. The van der Waals surface area contributed by atoms with Gasteiger partial charge in [-0.3, -0.25) is 14.5 Å². The summed E-state index contributed by atoms with van der Waals surface area (Å²) in [6.45, 7) is 4.42. The molecule has 0 saturated carbocycles. The molecule has 2 saturated heterocycles. The van der Waals surface area contributed by atoms with Gasteiger partial charge < -0.3 is 14.7 Å². The fourth-order valence-electron chi connectivity index (χ4n) is 3.99. The molecule has 0 radical (unpaired) electrons. The second-order valence-corrected chi connectivity index (χ2v) is 7.35. The minimum Gasteiger partial charge on any atom is -0.480 e. The summed E-state index contributed by atoms with van der Waals surface area (Å²) in [5.41, 5.74) is 1.26. The fraction of sp³-hybridized carbons (Fsp3) is 0.474. The molecular formula is C19H23N5O4. The number of ether oxygens (including phenoxy) is 1. The monoisotopic (exact) mass is 385 g/mol. The van der Waals surface area contributed by atoms with Crippen molar-refractivity contribution in [1.82, 2.24) is 24.6 Å². The van der Waals surface area contributed by atoms with E-state index in [2.05, 4.69) is 10.1 Å². The molecule has 2 aromatic heterocycles. The first-order valence-electron chi connectivity index (χ1n) is 9.32. The number of aromatic nitrogens is 3. The molecule has 2 aliphatic heterocycles. The van der Waals surface area contributed by atoms with Gasteiger partial charge in [0.1, 0.15) is 0 Å². The molecule has 0 aromatic carbocycles. The van der Waals surface area contributed by atoms with Crippen LogP contribution in [0.2, 0.25) is 0 Å². The van der Waals surface area contributed by atoms with Gasteiger partial charge in [0.2, 0.25) is 0 Å². The molecule has 2 bridgehead atoms. The fourth-order valence-corrected chi connectivity index (χ4v) is 3.99. The molecule has 28 heavy (non-hydrogen) atoms. The van der Waals surface area contributed by atoms with Gasteiger partial charge in [0.05, 0.1) is 43.3 Å². The predicted octanol–water partition coefficient (Wildman–Crippen LogP) is 0.433. The number of amides is 1. The maximum Gasteiger partial charge on any atom is 0.317 e. The highest BCUT2D eigenvalue weighted by Gasteiger charge is 2.37. The molecular weight excluding hydrogens is 362 g/mol. The lowest BCUT2D eigenvalue weighted by atomic mass is 10.1. The largest absolute Gasteiger partial charge is 0.480 e. The zero-order valence-electron chi connectivity index (χ0n) is 15.7. The van der Waals surface area contributed by atoms with Crippen molar-refractivity contribution in [3.05, 3.63) is 41.9 Å². The molecule has 2 atom stereocenters. The summed E-state index contributed by atoms with van der Waals surface area (Å²) in [5.74, 6) is -0.213. The van der Waals surface area contributed by atoms with Gasteiger partial charge in [-0.05, 0) is 19.1 Å². The number of pyridine rings is 1. The maximum atomic E-state index is 13.4. The molecule has 148 valence electrons. The Balaban J connectivity index is 1.59. The first kappa shape index (κ1) is 18.6. The minimum absolute atomic E-state index is 0.0222. The maximum absolute atomic E-state index is 13.4. The average Bonchev–Trinajstić information content (AvgIpc) is 2.82. The first-order valence-corrected chi connectivity index (χ1v) is 9.32. The van der Waals surface area contributed by atoms with Gasteiger partial charge in [-0.1, -0.05) is 6.07 Å². The van der Waals surface area contributed by atoms with E-state index in [1.807, 2.05) is 34.9 Å². The smallest absolute Gasteiger partial charge is 0.317 e. The van der Waals surface area contributed by atoms with E-state index < -0.39 is 5.97 Å². The number of hydrogen-bond donors (Lipinski definition) is 1. The third-order valence-electron chi connectivity index (χ3n) is 5.27.